The Hall–Kier alpha value is -3.25. The highest BCUT2D eigenvalue weighted by Gasteiger charge is 2.15. The monoisotopic (exact) mass is 443 g/mol. The first kappa shape index (κ1) is 22.9. The van der Waals surface area contributed by atoms with Gasteiger partial charge >= 0.3 is 0 Å². The van der Waals surface area contributed by atoms with E-state index in [2.05, 4.69) is 55.3 Å². The molecule has 0 saturated carbocycles. The predicted molar refractivity (Wildman–Crippen MR) is 133 cm³/mol. The molecule has 0 aliphatic rings. The van der Waals surface area contributed by atoms with Crippen LogP contribution in [0.2, 0.25) is 0 Å². The first-order chi connectivity index (χ1) is 16.0. The second-order valence-corrected chi connectivity index (χ2v) is 8.52. The zero-order valence-corrected chi connectivity index (χ0v) is 20.1. The lowest BCUT2D eigenvalue weighted by molar-refractivity contribution is -0.121. The van der Waals surface area contributed by atoms with Gasteiger partial charge in [-0.1, -0.05) is 50.2 Å². The molecule has 6 nitrogen and oxygen atoms in total. The molecule has 2 heterocycles. The van der Waals surface area contributed by atoms with Gasteiger partial charge in [-0.05, 0) is 62.2 Å². The summed E-state index contributed by atoms with van der Waals surface area (Å²) < 4.78 is 1.91. The maximum Gasteiger partial charge on any atom is 0.220 e. The Balaban J connectivity index is 1.43. The summed E-state index contributed by atoms with van der Waals surface area (Å²) in [5.74, 6) is 0.0529. The van der Waals surface area contributed by atoms with Crippen LogP contribution >= 0.6 is 0 Å². The molecule has 0 unspecified atom stereocenters. The molecule has 172 valence electrons. The lowest BCUT2D eigenvalue weighted by atomic mass is 10.1. The quantitative estimate of drug-likeness (QED) is 0.411. The van der Waals surface area contributed by atoms with Crippen LogP contribution in [-0.4, -0.2) is 38.5 Å². The molecular weight excluding hydrogens is 410 g/mol. The van der Waals surface area contributed by atoms with Crippen LogP contribution in [0.15, 0.2) is 48.5 Å². The maximum atomic E-state index is 12.7. The van der Waals surface area contributed by atoms with Crippen molar-refractivity contribution in [2.45, 2.75) is 53.6 Å². The Labute approximate surface area is 195 Å². The van der Waals surface area contributed by atoms with Gasteiger partial charge in [-0.3, -0.25) is 9.69 Å². The molecule has 0 atom stereocenters. The molecule has 0 saturated heterocycles. The molecule has 4 rings (SSSR count). The summed E-state index contributed by atoms with van der Waals surface area (Å²) in [5.41, 5.74) is 7.36. The zero-order chi connectivity index (χ0) is 23.4. The van der Waals surface area contributed by atoms with E-state index >= 15 is 0 Å². The molecule has 0 bridgehead atoms. The third-order valence-electron chi connectivity index (χ3n) is 6.50. The van der Waals surface area contributed by atoms with E-state index in [-0.39, 0.29) is 5.91 Å². The SMILES string of the molecule is CCN(CC)Cc1ccccc1CNC(=O)CCc1c(C)nc2c3ccccc3nn2c1C. The summed E-state index contributed by atoms with van der Waals surface area (Å²) in [6, 6.07) is 16.4. The minimum atomic E-state index is 0.0529. The van der Waals surface area contributed by atoms with E-state index in [4.69, 9.17) is 10.1 Å². The molecule has 0 spiro atoms. The Bertz CT molecular complexity index is 1270. The van der Waals surface area contributed by atoms with Crippen LogP contribution in [0, 0.1) is 13.8 Å². The van der Waals surface area contributed by atoms with E-state index < -0.39 is 0 Å². The molecule has 1 amide bonds. The zero-order valence-electron chi connectivity index (χ0n) is 20.1. The second-order valence-electron chi connectivity index (χ2n) is 8.52. The predicted octanol–water partition coefficient (Wildman–Crippen LogP) is 4.59. The number of nitrogens with zero attached hydrogens (tertiary/aromatic N) is 4. The van der Waals surface area contributed by atoms with Crippen LogP contribution in [-0.2, 0) is 24.3 Å². The van der Waals surface area contributed by atoms with Gasteiger partial charge in [-0.25, -0.2) is 9.50 Å². The van der Waals surface area contributed by atoms with Crippen molar-refractivity contribution >= 4 is 22.5 Å². The number of aromatic nitrogens is 3. The van der Waals surface area contributed by atoms with E-state index in [1.54, 1.807) is 0 Å². The Kier molecular flexibility index (Phi) is 7.04. The number of amides is 1. The molecule has 0 fully saturated rings. The lowest BCUT2D eigenvalue weighted by Gasteiger charge is -2.20. The van der Waals surface area contributed by atoms with E-state index in [0.29, 0.717) is 19.4 Å². The van der Waals surface area contributed by atoms with Crippen molar-refractivity contribution in [2.24, 2.45) is 0 Å². The molecule has 6 heteroatoms. The minimum Gasteiger partial charge on any atom is -0.352 e. The summed E-state index contributed by atoms with van der Waals surface area (Å²) >= 11 is 0. The highest BCUT2D eigenvalue weighted by molar-refractivity contribution is 5.92. The largest absolute Gasteiger partial charge is 0.352 e. The number of nitrogens with one attached hydrogen (secondary N) is 1. The average molecular weight is 444 g/mol. The van der Waals surface area contributed by atoms with Gasteiger partial charge in [-0.15, -0.1) is 0 Å². The lowest BCUT2D eigenvalue weighted by Crippen LogP contribution is -2.26. The van der Waals surface area contributed by atoms with Crippen LogP contribution in [0.5, 0.6) is 0 Å². The molecular formula is C27H33N5O. The number of rotatable bonds is 9. The molecule has 0 aliphatic carbocycles. The second kappa shape index (κ2) is 10.1. The molecule has 4 aromatic rings. The van der Waals surface area contributed by atoms with Crippen molar-refractivity contribution in [1.29, 1.82) is 0 Å². The number of hydrogen-bond donors (Lipinski definition) is 1. The highest BCUT2D eigenvalue weighted by atomic mass is 16.1. The van der Waals surface area contributed by atoms with Crippen LogP contribution in [0.25, 0.3) is 16.6 Å². The molecule has 2 aromatic heterocycles. The van der Waals surface area contributed by atoms with Crippen molar-refractivity contribution in [2.75, 3.05) is 13.1 Å². The topological polar surface area (TPSA) is 62.5 Å². The van der Waals surface area contributed by atoms with Gasteiger partial charge in [-0.2, -0.15) is 5.10 Å². The van der Waals surface area contributed by atoms with E-state index in [1.165, 1.54) is 11.1 Å². The van der Waals surface area contributed by atoms with Gasteiger partial charge < -0.3 is 5.32 Å². The Morgan fingerprint density at radius 2 is 1.70 bits per heavy atom. The summed E-state index contributed by atoms with van der Waals surface area (Å²) in [5, 5.41) is 8.88. The van der Waals surface area contributed by atoms with Crippen molar-refractivity contribution in [3.05, 3.63) is 76.6 Å². The van der Waals surface area contributed by atoms with E-state index in [0.717, 1.165) is 53.1 Å². The fraction of sp³-hybridized carbons (Fsp3) is 0.370. The van der Waals surface area contributed by atoms with Gasteiger partial charge in [0.05, 0.1) is 5.52 Å². The number of carbonyl (C=O) groups is 1. The van der Waals surface area contributed by atoms with Crippen LogP contribution in [0.3, 0.4) is 0 Å². The van der Waals surface area contributed by atoms with E-state index in [1.807, 2.05) is 35.7 Å². The number of carbonyl (C=O) groups excluding carboxylic acids is 1. The fourth-order valence-corrected chi connectivity index (χ4v) is 4.43. The van der Waals surface area contributed by atoms with E-state index in [9.17, 15) is 4.79 Å². The summed E-state index contributed by atoms with van der Waals surface area (Å²) in [6.45, 7) is 11.9. The average Bonchev–Trinajstić information content (AvgIpc) is 3.20. The summed E-state index contributed by atoms with van der Waals surface area (Å²) in [4.78, 5) is 19.9. The molecule has 1 N–H and O–H groups in total. The van der Waals surface area contributed by atoms with Crippen molar-refractivity contribution < 1.29 is 4.79 Å². The smallest absolute Gasteiger partial charge is 0.220 e. The Morgan fingerprint density at radius 1 is 1.00 bits per heavy atom. The number of aryl methyl sites for hydroxylation is 2. The minimum absolute atomic E-state index is 0.0529. The fourth-order valence-electron chi connectivity index (χ4n) is 4.43. The van der Waals surface area contributed by atoms with Gasteiger partial charge in [0.2, 0.25) is 5.91 Å². The van der Waals surface area contributed by atoms with Gasteiger partial charge in [0.25, 0.3) is 0 Å². The van der Waals surface area contributed by atoms with Gasteiger partial charge in [0, 0.05) is 36.3 Å². The van der Waals surface area contributed by atoms with Crippen molar-refractivity contribution in [3.63, 3.8) is 0 Å². The first-order valence-electron chi connectivity index (χ1n) is 11.8. The molecule has 0 aliphatic heterocycles. The summed E-state index contributed by atoms with van der Waals surface area (Å²) in [6.07, 6.45) is 1.07. The molecule has 33 heavy (non-hydrogen) atoms. The Morgan fingerprint density at radius 3 is 2.45 bits per heavy atom. The standard InChI is InChI=1S/C27H33N5O/c1-5-31(6-2)18-22-12-8-7-11-21(22)17-28-26(33)16-15-23-19(3)29-27-24-13-9-10-14-25(24)30-32(27)20(23)4/h7-14H,5-6,15-18H2,1-4H3,(H,28,33). The van der Waals surface area contributed by atoms with Crippen molar-refractivity contribution in [1.82, 2.24) is 24.8 Å². The number of benzene rings is 2. The summed E-state index contributed by atoms with van der Waals surface area (Å²) in [7, 11) is 0. The van der Waals surface area contributed by atoms with Crippen LogP contribution in [0.4, 0.5) is 0 Å². The maximum absolute atomic E-state index is 12.7. The third-order valence-corrected chi connectivity index (χ3v) is 6.50. The highest BCUT2D eigenvalue weighted by Crippen LogP contribution is 2.23. The first-order valence-corrected chi connectivity index (χ1v) is 11.8. The number of fused-ring (bicyclic) bond motifs is 3. The van der Waals surface area contributed by atoms with Gasteiger partial charge in [0.1, 0.15) is 0 Å². The normalized spacial score (nSPS) is 11.5. The van der Waals surface area contributed by atoms with Crippen LogP contribution < -0.4 is 5.32 Å². The molecule has 0 radical (unpaired) electrons. The third kappa shape index (κ3) is 4.91. The van der Waals surface area contributed by atoms with Crippen LogP contribution in [0.1, 0.15) is 48.3 Å². The van der Waals surface area contributed by atoms with Crippen molar-refractivity contribution in [3.8, 4) is 0 Å². The number of hydrogen-bond acceptors (Lipinski definition) is 4. The van der Waals surface area contributed by atoms with Gasteiger partial charge in [0.15, 0.2) is 5.65 Å². The molecule has 2 aromatic carbocycles.